The van der Waals surface area contributed by atoms with Crippen molar-refractivity contribution in [3.63, 3.8) is 0 Å². The summed E-state index contributed by atoms with van der Waals surface area (Å²) in [5, 5.41) is 53.1. The molecule has 9 atom stereocenters. The minimum absolute atomic E-state index is 0.0249. The predicted octanol–water partition coefficient (Wildman–Crippen LogP) is 6.72. The second kappa shape index (κ2) is 24.7. The first-order chi connectivity index (χ1) is 30.3. The van der Waals surface area contributed by atoms with Gasteiger partial charge in [-0.1, -0.05) is 87.9 Å². The number of benzene rings is 2. The summed E-state index contributed by atoms with van der Waals surface area (Å²) in [5.41, 5.74) is -3.22. The first kappa shape index (κ1) is 52.9. The largest absolute Gasteiger partial charge is 0.417 e. The first-order valence-electron chi connectivity index (χ1n) is 21.0. The molecule has 0 aliphatic carbocycles. The highest BCUT2D eigenvalue weighted by Crippen LogP contribution is 2.38. The molecule has 4 rings (SSSR count). The molecule has 2 aliphatic heterocycles. The van der Waals surface area contributed by atoms with Crippen LogP contribution in [0.4, 0.5) is 47.3 Å². The van der Waals surface area contributed by atoms with Gasteiger partial charge in [0.1, 0.15) is 36.6 Å². The number of anilines is 2. The van der Waals surface area contributed by atoms with E-state index in [1.807, 2.05) is 0 Å². The fourth-order valence-corrected chi connectivity index (χ4v) is 7.81. The summed E-state index contributed by atoms with van der Waals surface area (Å²) in [4.78, 5) is 40.1. The van der Waals surface area contributed by atoms with Crippen molar-refractivity contribution in [3.05, 3.63) is 57.6 Å². The van der Waals surface area contributed by atoms with Gasteiger partial charge in [0.2, 0.25) is 5.91 Å². The first-order valence-corrected chi connectivity index (χ1v) is 21.7. The number of urea groups is 2. The number of hydrogen-bond acceptors (Lipinski definition) is 10. The fraction of sp³-hybridized carbons (Fsp3) is 0.634. The van der Waals surface area contributed by atoms with Crippen LogP contribution in [0.15, 0.2) is 36.4 Å². The number of carbonyl (C=O) groups is 3. The van der Waals surface area contributed by atoms with Gasteiger partial charge < -0.3 is 61.2 Å². The lowest BCUT2D eigenvalue weighted by atomic mass is 9.93. The van der Waals surface area contributed by atoms with E-state index in [1.165, 1.54) is 12.8 Å². The van der Waals surface area contributed by atoms with E-state index in [0.717, 1.165) is 69.2 Å². The summed E-state index contributed by atoms with van der Waals surface area (Å²) < 4.78 is 99.2. The molecule has 2 saturated heterocycles. The molecule has 2 aromatic carbocycles. The minimum atomic E-state index is -4.89. The van der Waals surface area contributed by atoms with E-state index < -0.39 is 126 Å². The average molecular weight is 963 g/mol. The molecule has 2 heterocycles. The van der Waals surface area contributed by atoms with Crippen molar-refractivity contribution in [3.8, 4) is 0 Å². The van der Waals surface area contributed by atoms with Crippen molar-refractivity contribution in [2.24, 2.45) is 0 Å². The molecule has 2 aliphatic rings. The van der Waals surface area contributed by atoms with Gasteiger partial charge in [-0.05, 0) is 42.8 Å². The maximum absolute atomic E-state index is 13.6. The minimum Gasteiger partial charge on any atom is -0.394 e. The number of amides is 5. The molecular formula is C41H55Cl2F6N5O10. The average Bonchev–Trinajstić information content (AvgIpc) is 3.22. The Bertz CT molecular complexity index is 1840. The maximum atomic E-state index is 13.6. The van der Waals surface area contributed by atoms with Gasteiger partial charge in [0, 0.05) is 17.8 Å². The zero-order chi connectivity index (χ0) is 47.2. The third-order valence-corrected chi connectivity index (χ3v) is 11.4. The molecule has 5 amide bonds. The quantitative estimate of drug-likeness (QED) is 0.0504. The Morgan fingerprint density at radius 2 is 1.20 bits per heavy atom. The predicted molar refractivity (Wildman–Crippen MR) is 223 cm³/mol. The molecule has 0 spiro atoms. The van der Waals surface area contributed by atoms with Crippen LogP contribution in [-0.4, -0.2) is 113 Å². The van der Waals surface area contributed by atoms with Crippen LogP contribution in [-0.2, 0) is 31.4 Å². The Hall–Kier alpha value is -3.67. The molecule has 23 heteroatoms. The Balaban J connectivity index is 1.58. The van der Waals surface area contributed by atoms with Gasteiger partial charge >= 0.3 is 24.4 Å². The van der Waals surface area contributed by atoms with Gasteiger partial charge in [0.25, 0.3) is 0 Å². The summed E-state index contributed by atoms with van der Waals surface area (Å²) in [6.07, 6.45) is -9.77. The molecule has 0 saturated carbocycles. The van der Waals surface area contributed by atoms with E-state index in [2.05, 4.69) is 33.5 Å². The van der Waals surface area contributed by atoms with Crippen LogP contribution in [0.3, 0.4) is 0 Å². The van der Waals surface area contributed by atoms with Crippen LogP contribution >= 0.6 is 23.2 Å². The van der Waals surface area contributed by atoms with Crippen LogP contribution in [0.5, 0.6) is 0 Å². The molecule has 0 unspecified atom stereocenters. The number of aliphatic hydroxyl groups is 4. The second-order valence-corrected chi connectivity index (χ2v) is 16.4. The maximum Gasteiger partial charge on any atom is 0.417 e. The van der Waals surface area contributed by atoms with E-state index in [1.54, 1.807) is 0 Å². The highest BCUT2D eigenvalue weighted by Gasteiger charge is 2.50. The Kier molecular flexibility index (Phi) is 20.5. The molecule has 2 aromatic rings. The fourth-order valence-electron chi connectivity index (χ4n) is 7.36. The van der Waals surface area contributed by atoms with Crippen molar-refractivity contribution in [1.82, 2.24) is 16.0 Å². The molecule has 0 aromatic heterocycles. The molecule has 2 fully saturated rings. The van der Waals surface area contributed by atoms with Gasteiger partial charge in [-0.3, -0.25) is 4.79 Å². The molecular weight excluding hydrogens is 907 g/mol. The Morgan fingerprint density at radius 3 is 1.70 bits per heavy atom. The van der Waals surface area contributed by atoms with Crippen LogP contribution < -0.4 is 26.6 Å². The highest BCUT2D eigenvalue weighted by atomic mass is 35.5. The van der Waals surface area contributed by atoms with Gasteiger partial charge in [-0.25, -0.2) is 9.59 Å². The number of ether oxygens (including phenoxy) is 3. The van der Waals surface area contributed by atoms with Crippen LogP contribution in [0, 0.1) is 0 Å². The second-order valence-electron chi connectivity index (χ2n) is 15.6. The summed E-state index contributed by atoms with van der Waals surface area (Å²) in [6, 6.07) is -1.67. The normalized spacial score (nSPS) is 25.0. The van der Waals surface area contributed by atoms with E-state index in [0.29, 0.717) is 18.6 Å². The van der Waals surface area contributed by atoms with E-state index >= 15 is 0 Å². The van der Waals surface area contributed by atoms with Crippen molar-refractivity contribution in [1.29, 1.82) is 0 Å². The lowest BCUT2D eigenvalue weighted by Gasteiger charge is -2.47. The van der Waals surface area contributed by atoms with Gasteiger partial charge in [-0.15, -0.1) is 0 Å². The number of aliphatic hydroxyl groups excluding tert-OH is 4. The molecule has 0 bridgehead atoms. The molecule has 64 heavy (non-hydrogen) atoms. The van der Waals surface area contributed by atoms with E-state index in [-0.39, 0.29) is 17.8 Å². The number of halogens is 8. The van der Waals surface area contributed by atoms with Gasteiger partial charge in [0.15, 0.2) is 6.29 Å². The zero-order valence-corrected chi connectivity index (χ0v) is 36.3. The summed E-state index contributed by atoms with van der Waals surface area (Å²) in [6.45, 7) is 0.0681. The number of unbranched alkanes of at least 4 members (excludes halogenated alkanes) is 9. The van der Waals surface area contributed by atoms with E-state index in [9.17, 15) is 61.2 Å². The topological polar surface area (TPSA) is 220 Å². The molecule has 15 nitrogen and oxygen atoms in total. The smallest absolute Gasteiger partial charge is 0.394 e. The lowest BCUT2D eigenvalue weighted by molar-refractivity contribution is -0.293. The van der Waals surface area contributed by atoms with Gasteiger partial charge in [-0.2, -0.15) is 26.3 Å². The van der Waals surface area contributed by atoms with Crippen molar-refractivity contribution in [2.45, 2.75) is 145 Å². The Labute approximate surface area is 375 Å². The Morgan fingerprint density at radius 1 is 0.703 bits per heavy atom. The van der Waals surface area contributed by atoms with Crippen molar-refractivity contribution >= 4 is 52.5 Å². The number of hydrogen-bond donors (Lipinski definition) is 9. The highest BCUT2D eigenvalue weighted by molar-refractivity contribution is 6.31. The zero-order valence-electron chi connectivity index (χ0n) is 34.8. The summed E-state index contributed by atoms with van der Waals surface area (Å²) in [7, 11) is 0. The standard InChI is InChI=1S/C41H55Cl2F6N5O10/c1-2-3-4-5-6-7-8-9-10-11-12-31(57)53-32-29(19-55)62-21-28(52-38(60)50-22-13-15-26(42)24(17-22)40(44,45)46)36(32)64-37-33(35(59)34(58)30(20-56)63-37)54-39(61)51-23-14-16-27(43)25(18-23)41(47,48)49/h13-18,28-30,32-37,55-56,58-59H,2-12,19-21H2,1H3,(H,53,57)(H2,50,52,60)(H2,51,54,61)/t28-,29+,30+,32-,33+,34+,35+,36+,37-/m0/s1. The molecule has 9 N–H and O–H groups in total. The van der Waals surface area contributed by atoms with E-state index in [4.69, 9.17) is 37.4 Å². The van der Waals surface area contributed by atoms with Crippen LogP contribution in [0.1, 0.15) is 88.7 Å². The number of nitrogens with one attached hydrogen (secondary N) is 5. The number of alkyl halides is 6. The summed E-state index contributed by atoms with van der Waals surface area (Å²) in [5.74, 6) is -0.519. The molecule has 0 radical (unpaired) electrons. The molecule has 360 valence electrons. The third kappa shape index (κ3) is 15.5. The lowest BCUT2D eigenvalue weighted by Crippen LogP contribution is -2.70. The third-order valence-electron chi connectivity index (χ3n) is 10.8. The number of rotatable bonds is 20. The van der Waals surface area contributed by atoms with Crippen LogP contribution in [0.25, 0.3) is 0 Å². The van der Waals surface area contributed by atoms with Crippen molar-refractivity contribution < 1.29 is 75.4 Å². The van der Waals surface area contributed by atoms with Crippen LogP contribution in [0.2, 0.25) is 10.0 Å². The SMILES string of the molecule is CCCCCCCCCCCCC(=O)N[C@@H]1[C@H](O[C@@H]2O[C@H](CO)[C@@H](O)[C@H](O)[C@H]2NC(=O)Nc2ccc(Cl)c(C(F)(F)F)c2)[C@@H](NC(=O)Nc2ccc(Cl)c(C(F)(F)F)c2)CO[C@@H]1CO. The van der Waals surface area contributed by atoms with Crippen molar-refractivity contribution in [2.75, 3.05) is 30.5 Å². The summed E-state index contributed by atoms with van der Waals surface area (Å²) >= 11 is 11.4. The van der Waals surface area contributed by atoms with Gasteiger partial charge in [0.05, 0.1) is 53.1 Å². The monoisotopic (exact) mass is 961 g/mol. The number of carbonyl (C=O) groups excluding carboxylic acids is 3.